The van der Waals surface area contributed by atoms with Crippen molar-refractivity contribution in [1.29, 1.82) is 0 Å². The first-order valence-electron chi connectivity index (χ1n) is 8.53. The number of fused-ring (bicyclic) bond motifs is 1. The SMILES string of the molecule is CSCc1nc2ccccc2n1CC(=O)O[C@H](C)C(=O)Nc1cccnc1Cl. The Balaban J connectivity index is 1.68. The Morgan fingerprint density at radius 2 is 2.07 bits per heavy atom. The van der Waals surface area contributed by atoms with Crippen LogP contribution in [0.2, 0.25) is 5.15 Å². The van der Waals surface area contributed by atoms with E-state index in [1.165, 1.54) is 13.1 Å². The van der Waals surface area contributed by atoms with E-state index < -0.39 is 18.0 Å². The highest BCUT2D eigenvalue weighted by atomic mass is 35.5. The molecule has 1 aromatic carbocycles. The molecule has 146 valence electrons. The van der Waals surface area contributed by atoms with Gasteiger partial charge in [-0.3, -0.25) is 9.59 Å². The standard InChI is InChI=1S/C19H19ClN4O3S/c1-12(19(26)23-14-7-5-9-21-18(14)20)27-17(25)10-24-15-8-4-3-6-13(15)22-16(24)11-28-2/h3-9,12H,10-11H2,1-2H3,(H,23,26)/t12-/m1/s1. The molecular weight excluding hydrogens is 400 g/mol. The van der Waals surface area contributed by atoms with Crippen LogP contribution >= 0.6 is 23.4 Å². The Labute approximate surface area is 171 Å². The molecule has 1 N–H and O–H groups in total. The number of ether oxygens (including phenoxy) is 1. The third-order valence-electron chi connectivity index (χ3n) is 3.99. The summed E-state index contributed by atoms with van der Waals surface area (Å²) in [6.07, 6.45) is 2.50. The molecule has 0 unspecified atom stereocenters. The molecule has 3 rings (SSSR count). The lowest BCUT2D eigenvalue weighted by Crippen LogP contribution is -2.31. The molecule has 1 atom stereocenters. The van der Waals surface area contributed by atoms with Gasteiger partial charge in [0.2, 0.25) is 0 Å². The van der Waals surface area contributed by atoms with Gasteiger partial charge in [0, 0.05) is 6.20 Å². The van der Waals surface area contributed by atoms with E-state index in [0.717, 1.165) is 16.9 Å². The lowest BCUT2D eigenvalue weighted by molar-refractivity contribution is -0.153. The number of pyridine rings is 1. The normalized spacial score (nSPS) is 12.0. The third-order valence-corrected chi connectivity index (χ3v) is 4.84. The number of imidazole rings is 1. The summed E-state index contributed by atoms with van der Waals surface area (Å²) in [5.41, 5.74) is 2.03. The van der Waals surface area contributed by atoms with E-state index in [9.17, 15) is 9.59 Å². The quantitative estimate of drug-likeness (QED) is 0.466. The van der Waals surface area contributed by atoms with Gasteiger partial charge in [0.25, 0.3) is 5.91 Å². The van der Waals surface area contributed by atoms with E-state index >= 15 is 0 Å². The molecule has 2 heterocycles. The number of para-hydroxylation sites is 2. The van der Waals surface area contributed by atoms with Gasteiger partial charge in [0.05, 0.1) is 22.5 Å². The van der Waals surface area contributed by atoms with Crippen LogP contribution in [0.25, 0.3) is 11.0 Å². The van der Waals surface area contributed by atoms with Crippen molar-refractivity contribution in [3.05, 3.63) is 53.6 Å². The van der Waals surface area contributed by atoms with Crippen LogP contribution in [0, 0.1) is 0 Å². The highest BCUT2D eigenvalue weighted by Gasteiger charge is 2.21. The van der Waals surface area contributed by atoms with E-state index in [1.54, 1.807) is 23.9 Å². The second-order valence-electron chi connectivity index (χ2n) is 6.00. The molecule has 0 bridgehead atoms. The summed E-state index contributed by atoms with van der Waals surface area (Å²) >= 11 is 7.54. The Hall–Kier alpha value is -2.58. The molecular formula is C19H19ClN4O3S. The fraction of sp³-hybridized carbons (Fsp3) is 0.263. The van der Waals surface area contributed by atoms with Crippen LogP contribution in [-0.2, 0) is 26.6 Å². The molecule has 0 aliphatic rings. The fourth-order valence-electron chi connectivity index (χ4n) is 2.67. The predicted molar refractivity (Wildman–Crippen MR) is 110 cm³/mol. The zero-order chi connectivity index (χ0) is 20.1. The first-order valence-corrected chi connectivity index (χ1v) is 10.3. The van der Waals surface area contributed by atoms with Crippen molar-refractivity contribution in [3.63, 3.8) is 0 Å². The molecule has 1 amide bonds. The van der Waals surface area contributed by atoms with Gasteiger partial charge in [-0.15, -0.1) is 0 Å². The number of benzene rings is 1. The molecule has 28 heavy (non-hydrogen) atoms. The zero-order valence-electron chi connectivity index (χ0n) is 15.4. The van der Waals surface area contributed by atoms with Gasteiger partial charge < -0.3 is 14.6 Å². The average molecular weight is 419 g/mol. The van der Waals surface area contributed by atoms with E-state index in [4.69, 9.17) is 16.3 Å². The number of halogens is 1. The molecule has 3 aromatic rings. The number of aromatic nitrogens is 3. The number of anilines is 1. The number of carbonyl (C=O) groups is 2. The topological polar surface area (TPSA) is 86.1 Å². The summed E-state index contributed by atoms with van der Waals surface area (Å²) in [4.78, 5) is 33.2. The zero-order valence-corrected chi connectivity index (χ0v) is 17.0. The van der Waals surface area contributed by atoms with Crippen molar-refractivity contribution in [1.82, 2.24) is 14.5 Å². The first kappa shape index (κ1) is 20.2. The van der Waals surface area contributed by atoms with E-state index in [2.05, 4.69) is 15.3 Å². The van der Waals surface area contributed by atoms with Crippen LogP contribution in [-0.4, -0.2) is 38.8 Å². The molecule has 0 aliphatic heterocycles. The number of hydrogen-bond donors (Lipinski definition) is 1. The number of carbonyl (C=O) groups excluding carboxylic acids is 2. The van der Waals surface area contributed by atoms with Gasteiger partial charge in [0.1, 0.15) is 12.4 Å². The number of esters is 1. The Morgan fingerprint density at radius 3 is 2.82 bits per heavy atom. The van der Waals surface area contributed by atoms with Crippen molar-refractivity contribution in [2.45, 2.75) is 25.3 Å². The number of hydrogen-bond acceptors (Lipinski definition) is 6. The minimum absolute atomic E-state index is 0.0261. The lowest BCUT2D eigenvalue weighted by Gasteiger charge is -2.15. The molecule has 7 nitrogen and oxygen atoms in total. The maximum Gasteiger partial charge on any atom is 0.326 e. The minimum atomic E-state index is -0.984. The highest BCUT2D eigenvalue weighted by molar-refractivity contribution is 7.97. The summed E-state index contributed by atoms with van der Waals surface area (Å²) in [6, 6.07) is 10.9. The molecule has 2 aromatic heterocycles. The van der Waals surface area contributed by atoms with Crippen LogP contribution in [0.5, 0.6) is 0 Å². The van der Waals surface area contributed by atoms with Crippen molar-refractivity contribution < 1.29 is 14.3 Å². The molecule has 0 radical (unpaired) electrons. The summed E-state index contributed by atoms with van der Waals surface area (Å²) < 4.78 is 7.13. The van der Waals surface area contributed by atoms with Crippen LogP contribution in [0.3, 0.4) is 0 Å². The maximum atomic E-state index is 12.4. The number of rotatable bonds is 7. The summed E-state index contributed by atoms with van der Waals surface area (Å²) in [5, 5.41) is 2.77. The average Bonchev–Trinajstić information content (AvgIpc) is 3.01. The van der Waals surface area contributed by atoms with Crippen molar-refractivity contribution in [2.24, 2.45) is 0 Å². The molecule has 0 spiro atoms. The number of nitrogens with zero attached hydrogens (tertiary/aromatic N) is 3. The Morgan fingerprint density at radius 1 is 1.29 bits per heavy atom. The predicted octanol–water partition coefficient (Wildman–Crippen LogP) is 3.52. The highest BCUT2D eigenvalue weighted by Crippen LogP contribution is 2.20. The van der Waals surface area contributed by atoms with Gasteiger partial charge in [-0.05, 0) is 37.4 Å². The van der Waals surface area contributed by atoms with Crippen molar-refractivity contribution in [3.8, 4) is 0 Å². The van der Waals surface area contributed by atoms with Gasteiger partial charge in [0.15, 0.2) is 11.3 Å². The van der Waals surface area contributed by atoms with Gasteiger partial charge in [-0.25, -0.2) is 9.97 Å². The summed E-state index contributed by atoms with van der Waals surface area (Å²) in [5.74, 6) is 0.441. The smallest absolute Gasteiger partial charge is 0.326 e. The largest absolute Gasteiger partial charge is 0.451 e. The van der Waals surface area contributed by atoms with Crippen LogP contribution in [0.15, 0.2) is 42.6 Å². The van der Waals surface area contributed by atoms with E-state index in [-0.39, 0.29) is 11.7 Å². The summed E-state index contributed by atoms with van der Waals surface area (Å²) in [7, 11) is 0. The Kier molecular flexibility index (Phi) is 6.53. The minimum Gasteiger partial charge on any atom is -0.451 e. The van der Waals surface area contributed by atoms with Crippen LogP contribution in [0.4, 0.5) is 5.69 Å². The molecule has 0 saturated heterocycles. The second kappa shape index (κ2) is 9.07. The molecule has 0 aliphatic carbocycles. The number of nitrogens with one attached hydrogen (secondary N) is 1. The maximum absolute atomic E-state index is 12.4. The van der Waals surface area contributed by atoms with Gasteiger partial charge >= 0.3 is 5.97 Å². The fourth-order valence-corrected chi connectivity index (χ4v) is 3.32. The van der Waals surface area contributed by atoms with E-state index in [1.807, 2.05) is 35.1 Å². The van der Waals surface area contributed by atoms with Crippen molar-refractivity contribution >= 4 is 52.0 Å². The number of amides is 1. The monoisotopic (exact) mass is 418 g/mol. The van der Waals surface area contributed by atoms with Gasteiger partial charge in [-0.1, -0.05) is 23.7 Å². The molecule has 0 saturated carbocycles. The lowest BCUT2D eigenvalue weighted by atomic mass is 10.3. The number of thioether (sulfide) groups is 1. The Bertz CT molecular complexity index is 1010. The van der Waals surface area contributed by atoms with Gasteiger partial charge in [-0.2, -0.15) is 11.8 Å². The first-order chi connectivity index (χ1) is 13.5. The molecule has 9 heteroatoms. The van der Waals surface area contributed by atoms with E-state index in [0.29, 0.717) is 11.4 Å². The van der Waals surface area contributed by atoms with Crippen LogP contribution in [0.1, 0.15) is 12.7 Å². The second-order valence-corrected chi connectivity index (χ2v) is 7.22. The molecule has 0 fully saturated rings. The van der Waals surface area contributed by atoms with Crippen LogP contribution < -0.4 is 5.32 Å². The summed E-state index contributed by atoms with van der Waals surface area (Å²) in [6.45, 7) is 1.48. The van der Waals surface area contributed by atoms with Crippen molar-refractivity contribution in [2.75, 3.05) is 11.6 Å². The third kappa shape index (κ3) is 4.63.